The summed E-state index contributed by atoms with van der Waals surface area (Å²) in [7, 11) is 0. The first-order valence-corrected chi connectivity index (χ1v) is 11.2. The van der Waals surface area contributed by atoms with Gasteiger partial charge in [-0.1, -0.05) is 19.1 Å². The molecule has 166 valence electrons. The van der Waals surface area contributed by atoms with Crippen molar-refractivity contribution in [3.8, 4) is 0 Å². The number of amides is 1. The Balaban J connectivity index is 1.22. The van der Waals surface area contributed by atoms with Crippen LogP contribution in [-0.4, -0.2) is 60.3 Å². The number of nitrogens with zero attached hydrogens (tertiary/aromatic N) is 5. The molecular weight excluding hydrogens is 406 g/mol. The number of carbonyl (C=O) groups is 1. The van der Waals surface area contributed by atoms with Gasteiger partial charge < -0.3 is 19.1 Å². The van der Waals surface area contributed by atoms with Gasteiger partial charge in [-0.3, -0.25) is 9.59 Å². The van der Waals surface area contributed by atoms with Crippen molar-refractivity contribution >= 4 is 28.5 Å². The van der Waals surface area contributed by atoms with Gasteiger partial charge in [-0.05, 0) is 43.0 Å². The van der Waals surface area contributed by atoms with Crippen molar-refractivity contribution in [3.63, 3.8) is 0 Å². The van der Waals surface area contributed by atoms with E-state index in [1.807, 2.05) is 12.1 Å². The van der Waals surface area contributed by atoms with E-state index in [4.69, 9.17) is 4.42 Å². The number of piperazine rings is 1. The quantitative estimate of drug-likeness (QED) is 0.628. The molecule has 3 aromatic rings. The minimum Gasteiger partial charge on any atom is -0.451 e. The maximum Gasteiger partial charge on any atom is 0.289 e. The highest BCUT2D eigenvalue weighted by Gasteiger charge is 2.25. The second-order valence-corrected chi connectivity index (χ2v) is 8.67. The van der Waals surface area contributed by atoms with Crippen molar-refractivity contribution in [2.75, 3.05) is 49.1 Å². The lowest BCUT2D eigenvalue weighted by molar-refractivity contribution is 0.0715. The van der Waals surface area contributed by atoms with Crippen LogP contribution in [0.25, 0.3) is 11.0 Å². The van der Waals surface area contributed by atoms with Crippen LogP contribution >= 0.6 is 0 Å². The predicted octanol–water partition coefficient (Wildman–Crippen LogP) is 2.78. The first-order chi connectivity index (χ1) is 15.6. The van der Waals surface area contributed by atoms with Crippen LogP contribution in [0.4, 0.5) is 11.6 Å². The van der Waals surface area contributed by atoms with E-state index >= 15 is 0 Å². The summed E-state index contributed by atoms with van der Waals surface area (Å²) in [6.45, 7) is 6.72. The van der Waals surface area contributed by atoms with E-state index in [0.717, 1.165) is 30.6 Å². The van der Waals surface area contributed by atoms with Crippen molar-refractivity contribution in [2.24, 2.45) is 5.92 Å². The van der Waals surface area contributed by atoms with E-state index in [0.29, 0.717) is 37.1 Å². The van der Waals surface area contributed by atoms with Crippen LogP contribution in [0.5, 0.6) is 0 Å². The van der Waals surface area contributed by atoms with Gasteiger partial charge in [0.2, 0.25) is 0 Å². The third kappa shape index (κ3) is 4.04. The van der Waals surface area contributed by atoms with Crippen LogP contribution in [0, 0.1) is 5.92 Å². The Labute approximate surface area is 186 Å². The van der Waals surface area contributed by atoms with Gasteiger partial charge in [0.15, 0.2) is 22.8 Å². The van der Waals surface area contributed by atoms with Gasteiger partial charge in [0.1, 0.15) is 5.58 Å². The predicted molar refractivity (Wildman–Crippen MR) is 123 cm³/mol. The van der Waals surface area contributed by atoms with Crippen molar-refractivity contribution in [3.05, 3.63) is 58.4 Å². The summed E-state index contributed by atoms with van der Waals surface area (Å²) in [6.07, 6.45) is 2.38. The summed E-state index contributed by atoms with van der Waals surface area (Å²) < 4.78 is 5.71. The summed E-state index contributed by atoms with van der Waals surface area (Å²) in [5.74, 6) is 2.36. The molecule has 1 amide bonds. The number of benzene rings is 1. The Morgan fingerprint density at radius 3 is 2.19 bits per heavy atom. The van der Waals surface area contributed by atoms with Gasteiger partial charge in [0.05, 0.1) is 5.39 Å². The number of hydrogen-bond acceptors (Lipinski definition) is 7. The molecule has 2 saturated heterocycles. The fourth-order valence-corrected chi connectivity index (χ4v) is 4.40. The number of aromatic nitrogens is 2. The maximum atomic E-state index is 12.9. The summed E-state index contributed by atoms with van der Waals surface area (Å²) in [6, 6.07) is 12.3. The minimum absolute atomic E-state index is 0.0853. The van der Waals surface area contributed by atoms with E-state index < -0.39 is 0 Å². The monoisotopic (exact) mass is 433 g/mol. The zero-order chi connectivity index (χ0) is 22.1. The molecule has 2 aromatic heterocycles. The van der Waals surface area contributed by atoms with E-state index in [9.17, 15) is 9.59 Å². The molecule has 0 atom stereocenters. The molecule has 2 aliphatic heterocycles. The largest absolute Gasteiger partial charge is 0.451 e. The van der Waals surface area contributed by atoms with Gasteiger partial charge >= 0.3 is 0 Å². The molecule has 32 heavy (non-hydrogen) atoms. The van der Waals surface area contributed by atoms with Crippen LogP contribution in [0.3, 0.4) is 0 Å². The summed E-state index contributed by atoms with van der Waals surface area (Å²) in [5.41, 5.74) is 0.230. The molecule has 1 aromatic carbocycles. The second kappa shape index (κ2) is 8.61. The minimum atomic E-state index is -0.256. The number of para-hydroxylation sites is 1. The lowest BCUT2D eigenvalue weighted by Crippen LogP contribution is -2.49. The van der Waals surface area contributed by atoms with Gasteiger partial charge in [-0.15, -0.1) is 10.2 Å². The Bertz CT molecular complexity index is 1160. The molecule has 0 bridgehead atoms. The summed E-state index contributed by atoms with van der Waals surface area (Å²) >= 11 is 0. The topological polar surface area (TPSA) is 82.8 Å². The normalized spacial score (nSPS) is 17.7. The molecule has 0 spiro atoms. The molecule has 2 aliphatic rings. The Morgan fingerprint density at radius 1 is 0.906 bits per heavy atom. The van der Waals surface area contributed by atoms with Crippen molar-refractivity contribution in [1.29, 1.82) is 0 Å². The molecule has 2 fully saturated rings. The average molecular weight is 434 g/mol. The molecule has 5 rings (SSSR count). The SMILES string of the molecule is CC1CCN(c2ccc(N3CCN(C(=O)c4cc(=O)c5ccccc5o4)CC3)nn2)CC1. The number of piperidine rings is 1. The zero-order valence-corrected chi connectivity index (χ0v) is 18.2. The van der Waals surface area contributed by atoms with Crippen molar-refractivity contribution < 1.29 is 9.21 Å². The van der Waals surface area contributed by atoms with Crippen LogP contribution in [0.1, 0.15) is 30.3 Å². The number of hydrogen-bond donors (Lipinski definition) is 0. The molecule has 0 N–H and O–H groups in total. The molecule has 8 heteroatoms. The molecular formula is C24H27N5O3. The standard InChI is InChI=1S/C24H27N5O3/c1-17-8-10-27(11-9-17)22-6-7-23(26-25-22)28-12-14-29(15-13-28)24(31)21-16-19(30)18-4-2-3-5-20(18)32-21/h2-7,16-17H,8-15H2,1H3. The third-order valence-corrected chi connectivity index (χ3v) is 6.48. The molecule has 0 saturated carbocycles. The smallest absolute Gasteiger partial charge is 0.289 e. The number of anilines is 2. The van der Waals surface area contributed by atoms with Crippen LogP contribution in [-0.2, 0) is 0 Å². The third-order valence-electron chi connectivity index (χ3n) is 6.48. The van der Waals surface area contributed by atoms with Crippen LogP contribution in [0.15, 0.2) is 51.7 Å². The fraction of sp³-hybridized carbons (Fsp3) is 0.417. The van der Waals surface area contributed by atoms with E-state index in [-0.39, 0.29) is 17.1 Å². The van der Waals surface area contributed by atoms with Crippen molar-refractivity contribution in [1.82, 2.24) is 15.1 Å². The van der Waals surface area contributed by atoms with Crippen molar-refractivity contribution in [2.45, 2.75) is 19.8 Å². The lowest BCUT2D eigenvalue weighted by atomic mass is 9.99. The average Bonchev–Trinajstić information content (AvgIpc) is 2.84. The highest BCUT2D eigenvalue weighted by Crippen LogP contribution is 2.23. The Morgan fingerprint density at radius 2 is 1.53 bits per heavy atom. The fourth-order valence-electron chi connectivity index (χ4n) is 4.40. The lowest BCUT2D eigenvalue weighted by Gasteiger charge is -2.35. The highest BCUT2D eigenvalue weighted by atomic mass is 16.3. The van der Waals surface area contributed by atoms with Gasteiger partial charge in [-0.25, -0.2) is 0 Å². The molecule has 0 radical (unpaired) electrons. The van der Waals surface area contributed by atoms with Gasteiger partial charge in [-0.2, -0.15) is 0 Å². The first kappa shape index (κ1) is 20.5. The molecule has 0 unspecified atom stereocenters. The van der Waals surface area contributed by atoms with E-state index in [1.165, 1.54) is 18.9 Å². The summed E-state index contributed by atoms with van der Waals surface area (Å²) in [4.78, 5) is 31.4. The Hall–Kier alpha value is -3.42. The van der Waals surface area contributed by atoms with Crippen LogP contribution < -0.4 is 15.2 Å². The summed E-state index contributed by atoms with van der Waals surface area (Å²) in [5, 5.41) is 9.37. The number of carbonyl (C=O) groups excluding carboxylic acids is 1. The maximum absolute atomic E-state index is 12.9. The zero-order valence-electron chi connectivity index (χ0n) is 18.2. The Kier molecular flexibility index (Phi) is 5.51. The van der Waals surface area contributed by atoms with E-state index in [2.05, 4.69) is 26.9 Å². The second-order valence-electron chi connectivity index (χ2n) is 8.67. The van der Waals surface area contributed by atoms with Gasteiger partial charge in [0, 0.05) is 45.3 Å². The molecule has 8 nitrogen and oxygen atoms in total. The number of rotatable bonds is 3. The van der Waals surface area contributed by atoms with E-state index in [1.54, 1.807) is 29.2 Å². The number of fused-ring (bicyclic) bond motifs is 1. The molecule has 4 heterocycles. The van der Waals surface area contributed by atoms with Gasteiger partial charge in [0.25, 0.3) is 5.91 Å². The van der Waals surface area contributed by atoms with Crippen LogP contribution in [0.2, 0.25) is 0 Å². The highest BCUT2D eigenvalue weighted by molar-refractivity contribution is 5.93. The first-order valence-electron chi connectivity index (χ1n) is 11.2. The molecule has 0 aliphatic carbocycles.